The minimum atomic E-state index is -0.510. The van der Waals surface area contributed by atoms with E-state index in [4.69, 9.17) is 5.73 Å². The molecule has 0 bridgehead atoms. The summed E-state index contributed by atoms with van der Waals surface area (Å²) in [5, 5.41) is 12.9. The van der Waals surface area contributed by atoms with Gasteiger partial charge in [-0.15, -0.1) is 10.2 Å². The van der Waals surface area contributed by atoms with Gasteiger partial charge in [0.25, 0.3) is 0 Å². The summed E-state index contributed by atoms with van der Waals surface area (Å²) in [6, 6.07) is -0.359. The smallest absolute Gasteiger partial charge is 0.321 e. The van der Waals surface area contributed by atoms with Gasteiger partial charge in [-0.05, 0) is 13.8 Å². The van der Waals surface area contributed by atoms with Crippen LogP contribution in [0.2, 0.25) is 0 Å². The molecule has 19 heavy (non-hydrogen) atoms. The van der Waals surface area contributed by atoms with Gasteiger partial charge >= 0.3 is 6.03 Å². The van der Waals surface area contributed by atoms with Crippen molar-refractivity contribution in [1.29, 1.82) is 0 Å². The van der Waals surface area contributed by atoms with Gasteiger partial charge in [0.05, 0.1) is 0 Å². The molecule has 1 rings (SSSR count). The van der Waals surface area contributed by atoms with Crippen LogP contribution in [0.5, 0.6) is 0 Å². The normalized spacial score (nSPS) is 10.5. The van der Waals surface area contributed by atoms with Gasteiger partial charge in [-0.2, -0.15) is 0 Å². The molecule has 0 saturated heterocycles. The number of urea groups is 1. The van der Waals surface area contributed by atoms with Crippen LogP contribution in [0.15, 0.2) is 5.16 Å². The van der Waals surface area contributed by atoms with Crippen LogP contribution in [0.3, 0.4) is 0 Å². The van der Waals surface area contributed by atoms with E-state index < -0.39 is 6.03 Å². The van der Waals surface area contributed by atoms with E-state index in [1.54, 1.807) is 4.57 Å². The molecular formula is C10H18N6O2S. The van der Waals surface area contributed by atoms with Crippen LogP contribution < -0.4 is 16.4 Å². The molecular weight excluding hydrogens is 268 g/mol. The Labute approximate surface area is 115 Å². The van der Waals surface area contributed by atoms with E-state index in [1.807, 2.05) is 13.8 Å². The Hall–Kier alpha value is -1.77. The van der Waals surface area contributed by atoms with Crippen LogP contribution in [-0.4, -0.2) is 39.5 Å². The fraction of sp³-hybridized carbons (Fsp3) is 0.600. The van der Waals surface area contributed by atoms with Crippen LogP contribution in [-0.2, 0) is 4.79 Å². The quantitative estimate of drug-likeness (QED) is 0.674. The Morgan fingerprint density at radius 3 is 2.68 bits per heavy atom. The predicted molar refractivity (Wildman–Crippen MR) is 72.8 cm³/mol. The molecule has 1 aromatic rings. The number of hydrogen-bond donors (Lipinski definition) is 3. The summed E-state index contributed by atoms with van der Waals surface area (Å²) >= 11 is 1.38. The Kier molecular flexibility index (Phi) is 5.61. The first-order valence-corrected chi connectivity index (χ1v) is 6.79. The number of nitrogen functional groups attached to an aromatic ring is 1. The van der Waals surface area contributed by atoms with E-state index in [2.05, 4.69) is 20.8 Å². The van der Waals surface area contributed by atoms with Gasteiger partial charge in [0, 0.05) is 25.3 Å². The molecule has 0 unspecified atom stereocenters. The number of aromatic nitrogens is 3. The monoisotopic (exact) mass is 286 g/mol. The van der Waals surface area contributed by atoms with E-state index in [9.17, 15) is 9.59 Å². The van der Waals surface area contributed by atoms with Crippen LogP contribution >= 0.6 is 11.8 Å². The standard InChI is InChI=1S/C10H18N6O2S/c1-6(2)16-8(11)14-15-10(16)19-5-4-7(17)13-9(18)12-3/h6H,4-5H2,1-3H3,(H2,11,14)(H2,12,13,17,18). The number of rotatable bonds is 5. The first-order valence-electron chi connectivity index (χ1n) is 5.80. The minimum absolute atomic E-state index is 0.150. The van der Waals surface area contributed by atoms with Gasteiger partial charge in [0.1, 0.15) is 0 Å². The first-order chi connectivity index (χ1) is 8.95. The van der Waals surface area contributed by atoms with Crippen LogP contribution in [0, 0.1) is 0 Å². The third-order valence-corrected chi connectivity index (χ3v) is 3.19. The molecule has 0 aromatic carbocycles. The molecule has 3 amide bonds. The van der Waals surface area contributed by atoms with Crippen molar-refractivity contribution in [3.8, 4) is 0 Å². The Morgan fingerprint density at radius 2 is 2.11 bits per heavy atom. The summed E-state index contributed by atoms with van der Waals surface area (Å²) in [6.07, 6.45) is 0.211. The molecule has 0 atom stereocenters. The van der Waals surface area contributed by atoms with Crippen LogP contribution in [0.4, 0.5) is 10.7 Å². The first kappa shape index (κ1) is 15.3. The lowest BCUT2D eigenvalue weighted by Gasteiger charge is -2.10. The highest BCUT2D eigenvalue weighted by Crippen LogP contribution is 2.22. The van der Waals surface area contributed by atoms with Crippen LogP contribution in [0.25, 0.3) is 0 Å². The lowest BCUT2D eigenvalue weighted by Crippen LogP contribution is -2.37. The Bertz CT molecular complexity index is 459. The van der Waals surface area contributed by atoms with Gasteiger partial charge in [-0.3, -0.25) is 14.7 Å². The highest BCUT2D eigenvalue weighted by molar-refractivity contribution is 7.99. The molecule has 0 radical (unpaired) electrons. The molecule has 1 heterocycles. The summed E-state index contributed by atoms with van der Waals surface area (Å²) in [6.45, 7) is 3.95. The van der Waals surface area contributed by atoms with E-state index in [1.165, 1.54) is 18.8 Å². The summed E-state index contributed by atoms with van der Waals surface area (Å²) in [7, 11) is 1.45. The minimum Gasteiger partial charge on any atom is -0.368 e. The van der Waals surface area contributed by atoms with Crippen molar-refractivity contribution in [3.63, 3.8) is 0 Å². The lowest BCUT2D eigenvalue weighted by atomic mass is 10.4. The van der Waals surface area contributed by atoms with Crippen molar-refractivity contribution in [2.75, 3.05) is 18.5 Å². The number of anilines is 1. The zero-order valence-electron chi connectivity index (χ0n) is 11.1. The number of nitrogens with two attached hydrogens (primary N) is 1. The van der Waals surface area contributed by atoms with Gasteiger partial charge in [0.2, 0.25) is 11.9 Å². The second-order valence-electron chi connectivity index (χ2n) is 4.03. The number of carbonyl (C=O) groups is 2. The summed E-state index contributed by atoms with van der Waals surface area (Å²) in [5.41, 5.74) is 5.70. The zero-order chi connectivity index (χ0) is 14.4. The van der Waals surface area contributed by atoms with E-state index in [-0.39, 0.29) is 18.4 Å². The van der Waals surface area contributed by atoms with Crippen molar-refractivity contribution in [1.82, 2.24) is 25.4 Å². The molecule has 0 aliphatic heterocycles. The summed E-state index contributed by atoms with van der Waals surface area (Å²) in [5.74, 6) is 0.510. The third-order valence-electron chi connectivity index (χ3n) is 2.25. The lowest BCUT2D eigenvalue weighted by molar-refractivity contribution is -0.119. The number of nitrogens with one attached hydrogen (secondary N) is 2. The molecule has 0 aliphatic carbocycles. The molecule has 106 valence electrons. The molecule has 4 N–H and O–H groups in total. The average Bonchev–Trinajstić information content (AvgIpc) is 2.70. The zero-order valence-corrected chi connectivity index (χ0v) is 12.0. The van der Waals surface area contributed by atoms with Gasteiger partial charge in [0.15, 0.2) is 5.16 Å². The Morgan fingerprint density at radius 1 is 1.42 bits per heavy atom. The maximum absolute atomic E-state index is 11.4. The molecule has 9 heteroatoms. The number of amides is 3. The Balaban J connectivity index is 2.46. The molecule has 0 fully saturated rings. The van der Waals surface area contributed by atoms with Crippen LogP contribution in [0.1, 0.15) is 26.3 Å². The molecule has 8 nitrogen and oxygen atoms in total. The third kappa shape index (κ3) is 4.43. The second-order valence-corrected chi connectivity index (χ2v) is 5.09. The van der Waals surface area contributed by atoms with E-state index in [0.717, 1.165) is 0 Å². The molecule has 0 saturated carbocycles. The van der Waals surface area contributed by atoms with Gasteiger partial charge < -0.3 is 11.1 Å². The molecule has 1 aromatic heterocycles. The van der Waals surface area contributed by atoms with E-state index in [0.29, 0.717) is 16.9 Å². The maximum atomic E-state index is 11.4. The fourth-order valence-corrected chi connectivity index (χ4v) is 2.37. The van der Waals surface area contributed by atoms with Gasteiger partial charge in [-0.1, -0.05) is 11.8 Å². The van der Waals surface area contributed by atoms with E-state index >= 15 is 0 Å². The summed E-state index contributed by atoms with van der Waals surface area (Å²) in [4.78, 5) is 22.3. The fourth-order valence-electron chi connectivity index (χ4n) is 1.36. The molecule has 0 aliphatic rings. The predicted octanol–water partition coefficient (Wildman–Crippen LogP) is 0.379. The van der Waals surface area contributed by atoms with Crippen molar-refractivity contribution in [2.45, 2.75) is 31.5 Å². The largest absolute Gasteiger partial charge is 0.368 e. The number of hydrogen-bond acceptors (Lipinski definition) is 6. The number of nitrogens with zero attached hydrogens (tertiary/aromatic N) is 3. The van der Waals surface area contributed by atoms with Crippen molar-refractivity contribution < 1.29 is 9.59 Å². The summed E-state index contributed by atoms with van der Waals surface area (Å²) < 4.78 is 1.79. The second kappa shape index (κ2) is 6.98. The maximum Gasteiger partial charge on any atom is 0.321 e. The number of thioether (sulfide) groups is 1. The van der Waals surface area contributed by atoms with Crippen molar-refractivity contribution in [3.05, 3.63) is 0 Å². The number of carbonyl (C=O) groups excluding carboxylic acids is 2. The molecule has 0 spiro atoms. The highest BCUT2D eigenvalue weighted by Gasteiger charge is 2.13. The number of imide groups is 1. The highest BCUT2D eigenvalue weighted by atomic mass is 32.2. The topological polar surface area (TPSA) is 115 Å². The average molecular weight is 286 g/mol. The SMILES string of the molecule is CNC(=O)NC(=O)CCSc1nnc(N)n1C(C)C. The van der Waals surface area contributed by atoms with Crippen molar-refractivity contribution >= 4 is 29.6 Å². The van der Waals surface area contributed by atoms with Gasteiger partial charge in [-0.25, -0.2) is 4.79 Å². The van der Waals surface area contributed by atoms with Crippen molar-refractivity contribution in [2.24, 2.45) is 0 Å².